The molecule has 6 nitrogen and oxygen atoms in total. The predicted molar refractivity (Wildman–Crippen MR) is 81.9 cm³/mol. The molecule has 0 aliphatic carbocycles. The van der Waals surface area contributed by atoms with Gasteiger partial charge in [-0.2, -0.15) is 5.10 Å². The molecule has 1 amide bonds. The molecule has 0 fully saturated rings. The van der Waals surface area contributed by atoms with Crippen LogP contribution >= 0.6 is 11.6 Å². The van der Waals surface area contributed by atoms with Crippen molar-refractivity contribution in [1.82, 2.24) is 15.1 Å². The first kappa shape index (κ1) is 16.0. The molecule has 0 saturated heterocycles. The van der Waals surface area contributed by atoms with Crippen molar-refractivity contribution < 1.29 is 14.7 Å². The second-order valence-electron chi connectivity index (χ2n) is 4.94. The fourth-order valence-corrected chi connectivity index (χ4v) is 2.21. The Bertz CT molecular complexity index is 695. The van der Waals surface area contributed by atoms with E-state index in [1.165, 1.54) is 6.20 Å². The number of nitrogens with one attached hydrogen (secondary N) is 1. The number of hydrogen-bond acceptors (Lipinski definition) is 3. The molecule has 0 radical (unpaired) electrons. The molecule has 1 aromatic heterocycles. The van der Waals surface area contributed by atoms with Crippen LogP contribution in [0.3, 0.4) is 0 Å². The van der Waals surface area contributed by atoms with Gasteiger partial charge in [-0.15, -0.1) is 0 Å². The van der Waals surface area contributed by atoms with E-state index in [-0.39, 0.29) is 12.3 Å². The van der Waals surface area contributed by atoms with E-state index in [0.717, 1.165) is 0 Å². The van der Waals surface area contributed by atoms with Crippen LogP contribution in [0.4, 0.5) is 0 Å². The molecular formula is C15H16ClN3O3. The topological polar surface area (TPSA) is 84.2 Å². The zero-order valence-electron chi connectivity index (χ0n) is 12.2. The van der Waals surface area contributed by atoms with Crippen LogP contribution in [0.5, 0.6) is 0 Å². The van der Waals surface area contributed by atoms with Crippen LogP contribution in [-0.4, -0.2) is 26.8 Å². The molecule has 1 atom stereocenters. The Balaban J connectivity index is 2.23. The average Bonchev–Trinajstić information content (AvgIpc) is 2.78. The lowest BCUT2D eigenvalue weighted by atomic mass is 10.0. The Morgan fingerprint density at radius 1 is 1.36 bits per heavy atom. The number of benzene rings is 1. The molecule has 2 aromatic rings. The van der Waals surface area contributed by atoms with Gasteiger partial charge in [-0.1, -0.05) is 23.7 Å². The molecule has 0 unspecified atom stereocenters. The van der Waals surface area contributed by atoms with Gasteiger partial charge in [0.1, 0.15) is 0 Å². The minimum absolute atomic E-state index is 0.216. The van der Waals surface area contributed by atoms with E-state index in [0.29, 0.717) is 21.8 Å². The number of carboxylic acids is 1. The largest absolute Gasteiger partial charge is 0.481 e. The normalized spacial score (nSPS) is 12.0. The third kappa shape index (κ3) is 3.65. The zero-order valence-corrected chi connectivity index (χ0v) is 13.0. The maximum Gasteiger partial charge on any atom is 0.305 e. The summed E-state index contributed by atoms with van der Waals surface area (Å²) in [6.07, 6.45) is 1.25. The van der Waals surface area contributed by atoms with Crippen LogP contribution in [0, 0.1) is 6.92 Å². The van der Waals surface area contributed by atoms with Gasteiger partial charge in [0.2, 0.25) is 0 Å². The van der Waals surface area contributed by atoms with Crippen LogP contribution in [0.15, 0.2) is 30.5 Å². The monoisotopic (exact) mass is 321 g/mol. The lowest BCUT2D eigenvalue weighted by Crippen LogP contribution is -2.30. The van der Waals surface area contributed by atoms with Crippen LogP contribution in [0.25, 0.3) is 0 Å². The summed E-state index contributed by atoms with van der Waals surface area (Å²) in [5.74, 6) is -1.35. The highest BCUT2D eigenvalue weighted by atomic mass is 35.5. The zero-order chi connectivity index (χ0) is 16.3. The first-order chi connectivity index (χ1) is 10.4. The van der Waals surface area contributed by atoms with Gasteiger partial charge in [-0.25, -0.2) is 0 Å². The quantitative estimate of drug-likeness (QED) is 0.885. The van der Waals surface area contributed by atoms with Gasteiger partial charge in [0.25, 0.3) is 5.91 Å². The molecular weight excluding hydrogens is 306 g/mol. The summed E-state index contributed by atoms with van der Waals surface area (Å²) in [5, 5.41) is 16.3. The van der Waals surface area contributed by atoms with Crippen molar-refractivity contribution in [2.24, 2.45) is 7.05 Å². The average molecular weight is 322 g/mol. The number of halogens is 1. The van der Waals surface area contributed by atoms with Crippen LogP contribution in [-0.2, 0) is 11.8 Å². The molecule has 0 saturated carbocycles. The standard InChI is InChI=1S/C15H16ClN3O3/c1-9-12(8-17-19(9)2)15(22)18-13(7-14(20)21)10-3-5-11(16)6-4-10/h3-6,8,13H,7H2,1-2H3,(H,18,22)(H,20,21)/t13-/m0/s1. The Kier molecular flexibility index (Phi) is 4.82. The number of carboxylic acid groups (broad SMARTS) is 1. The number of aliphatic carboxylic acids is 1. The summed E-state index contributed by atoms with van der Waals surface area (Å²) in [5.41, 5.74) is 1.82. The fraction of sp³-hybridized carbons (Fsp3) is 0.267. The number of hydrogen-bond donors (Lipinski definition) is 2. The molecule has 7 heteroatoms. The highest BCUT2D eigenvalue weighted by Crippen LogP contribution is 2.20. The second kappa shape index (κ2) is 6.62. The van der Waals surface area contributed by atoms with E-state index < -0.39 is 12.0 Å². The SMILES string of the molecule is Cc1c(C(=O)N[C@@H](CC(=O)O)c2ccc(Cl)cc2)cnn1C. The minimum atomic E-state index is -0.997. The van der Waals surface area contributed by atoms with Gasteiger partial charge in [0, 0.05) is 17.8 Å². The molecule has 2 rings (SSSR count). The predicted octanol–water partition coefficient (Wildman–Crippen LogP) is 2.33. The summed E-state index contributed by atoms with van der Waals surface area (Å²) in [6.45, 7) is 1.77. The summed E-state index contributed by atoms with van der Waals surface area (Å²) in [6, 6.07) is 6.08. The third-order valence-electron chi connectivity index (χ3n) is 3.44. The van der Waals surface area contributed by atoms with Crippen molar-refractivity contribution in [1.29, 1.82) is 0 Å². The number of amides is 1. The van der Waals surface area contributed by atoms with Gasteiger partial charge in [0.15, 0.2) is 0 Å². The molecule has 1 aromatic carbocycles. The smallest absolute Gasteiger partial charge is 0.305 e. The summed E-state index contributed by atoms with van der Waals surface area (Å²) >= 11 is 5.83. The van der Waals surface area contributed by atoms with Crippen molar-refractivity contribution in [2.75, 3.05) is 0 Å². The Hall–Kier alpha value is -2.34. The van der Waals surface area contributed by atoms with Crippen LogP contribution < -0.4 is 5.32 Å². The van der Waals surface area contributed by atoms with E-state index in [2.05, 4.69) is 10.4 Å². The molecule has 22 heavy (non-hydrogen) atoms. The maximum atomic E-state index is 12.3. The first-order valence-corrected chi connectivity index (χ1v) is 7.03. The molecule has 1 heterocycles. The molecule has 2 N–H and O–H groups in total. The molecule has 0 spiro atoms. The van der Waals surface area contributed by atoms with E-state index >= 15 is 0 Å². The summed E-state index contributed by atoms with van der Waals surface area (Å²) in [7, 11) is 1.74. The van der Waals surface area contributed by atoms with Crippen molar-refractivity contribution in [3.8, 4) is 0 Å². The lowest BCUT2D eigenvalue weighted by Gasteiger charge is -2.17. The fourth-order valence-electron chi connectivity index (χ4n) is 2.08. The number of carbonyl (C=O) groups excluding carboxylic acids is 1. The Labute approximate surface area is 132 Å². The van der Waals surface area contributed by atoms with Gasteiger partial charge in [-0.3, -0.25) is 14.3 Å². The molecule has 0 aliphatic rings. The highest BCUT2D eigenvalue weighted by molar-refractivity contribution is 6.30. The van der Waals surface area contributed by atoms with E-state index in [1.807, 2.05) is 0 Å². The van der Waals surface area contributed by atoms with Gasteiger partial charge < -0.3 is 10.4 Å². The maximum absolute atomic E-state index is 12.3. The third-order valence-corrected chi connectivity index (χ3v) is 3.69. The number of rotatable bonds is 5. The van der Waals surface area contributed by atoms with E-state index in [9.17, 15) is 9.59 Å². The van der Waals surface area contributed by atoms with Crippen LogP contribution in [0.1, 0.15) is 34.1 Å². The second-order valence-corrected chi connectivity index (χ2v) is 5.38. The molecule has 116 valence electrons. The first-order valence-electron chi connectivity index (χ1n) is 6.65. The van der Waals surface area contributed by atoms with E-state index in [4.69, 9.17) is 16.7 Å². The molecule has 0 bridgehead atoms. The lowest BCUT2D eigenvalue weighted by molar-refractivity contribution is -0.137. The summed E-state index contributed by atoms with van der Waals surface area (Å²) in [4.78, 5) is 23.4. The number of carbonyl (C=O) groups is 2. The number of aromatic nitrogens is 2. The van der Waals surface area contributed by atoms with Crippen molar-refractivity contribution in [3.05, 3.63) is 52.3 Å². The Morgan fingerprint density at radius 3 is 2.50 bits per heavy atom. The van der Waals surface area contributed by atoms with Gasteiger partial charge >= 0.3 is 5.97 Å². The van der Waals surface area contributed by atoms with E-state index in [1.54, 1.807) is 42.9 Å². The highest BCUT2D eigenvalue weighted by Gasteiger charge is 2.21. The minimum Gasteiger partial charge on any atom is -0.481 e. The van der Waals surface area contributed by atoms with Crippen molar-refractivity contribution in [3.63, 3.8) is 0 Å². The Morgan fingerprint density at radius 2 is 2.00 bits per heavy atom. The van der Waals surface area contributed by atoms with Crippen molar-refractivity contribution in [2.45, 2.75) is 19.4 Å². The van der Waals surface area contributed by atoms with Crippen LogP contribution in [0.2, 0.25) is 5.02 Å². The number of aryl methyl sites for hydroxylation is 1. The van der Waals surface area contributed by atoms with Crippen molar-refractivity contribution >= 4 is 23.5 Å². The van der Waals surface area contributed by atoms with Gasteiger partial charge in [0.05, 0.1) is 24.2 Å². The molecule has 0 aliphatic heterocycles. The summed E-state index contributed by atoms with van der Waals surface area (Å²) < 4.78 is 1.59. The van der Waals surface area contributed by atoms with Gasteiger partial charge in [-0.05, 0) is 24.6 Å². The number of nitrogens with zero attached hydrogens (tertiary/aromatic N) is 2.